The molecule has 9 heteroatoms. The molecule has 7 nitrogen and oxygen atoms in total. The molecule has 30 heavy (non-hydrogen) atoms. The average molecular weight is 492 g/mol. The highest BCUT2D eigenvalue weighted by molar-refractivity contribution is 9.10. The minimum Gasteiger partial charge on any atom is -0.469 e. The van der Waals surface area contributed by atoms with Crippen molar-refractivity contribution in [2.75, 3.05) is 7.11 Å². The van der Waals surface area contributed by atoms with E-state index >= 15 is 0 Å². The van der Waals surface area contributed by atoms with Crippen LogP contribution in [0.25, 0.3) is 10.2 Å². The second kappa shape index (κ2) is 9.53. The van der Waals surface area contributed by atoms with E-state index < -0.39 is 12.0 Å². The fourth-order valence-corrected chi connectivity index (χ4v) is 4.61. The number of nitrogens with zero attached hydrogens (tertiary/aromatic N) is 1. The summed E-state index contributed by atoms with van der Waals surface area (Å²) in [4.78, 5) is 45.8. The smallest absolute Gasteiger partial charge is 0.307 e. The van der Waals surface area contributed by atoms with E-state index in [0.717, 1.165) is 20.5 Å². The lowest BCUT2D eigenvalue weighted by atomic mass is 10.0. The number of fused-ring (bicyclic) bond motifs is 1. The third-order valence-corrected chi connectivity index (χ3v) is 6.46. The van der Waals surface area contributed by atoms with E-state index in [0.29, 0.717) is 16.0 Å². The number of aryl methyl sites for hydroxylation is 3. The molecule has 1 unspecified atom stereocenters. The van der Waals surface area contributed by atoms with Crippen LogP contribution in [0.4, 0.5) is 0 Å². The maximum absolute atomic E-state index is 12.6. The summed E-state index contributed by atoms with van der Waals surface area (Å²) >= 11 is 4.88. The maximum atomic E-state index is 12.6. The summed E-state index contributed by atoms with van der Waals surface area (Å²) in [6.07, 6.45) is 0.438. The first-order valence-corrected chi connectivity index (χ1v) is 11.0. The van der Waals surface area contributed by atoms with Gasteiger partial charge in [-0.3, -0.25) is 14.4 Å². The molecule has 0 aliphatic rings. The molecule has 0 aliphatic heterocycles. The van der Waals surface area contributed by atoms with E-state index in [1.807, 2.05) is 38.1 Å². The average Bonchev–Trinajstić information content (AvgIpc) is 2.99. The van der Waals surface area contributed by atoms with Crippen molar-refractivity contribution in [1.82, 2.24) is 15.3 Å². The summed E-state index contributed by atoms with van der Waals surface area (Å²) in [5.74, 6) is -0.193. The summed E-state index contributed by atoms with van der Waals surface area (Å²) in [5, 5.41) is 3.49. The Morgan fingerprint density at radius 1 is 1.33 bits per heavy atom. The number of aromatic amines is 1. The van der Waals surface area contributed by atoms with Gasteiger partial charge in [-0.1, -0.05) is 28.1 Å². The number of methoxy groups -OCH3 is 1. The molecule has 158 valence electrons. The number of amides is 1. The van der Waals surface area contributed by atoms with Crippen LogP contribution >= 0.6 is 27.3 Å². The molecule has 2 heterocycles. The molecule has 1 atom stereocenters. The predicted molar refractivity (Wildman–Crippen MR) is 120 cm³/mol. The van der Waals surface area contributed by atoms with E-state index in [2.05, 4.69) is 31.2 Å². The van der Waals surface area contributed by atoms with Crippen LogP contribution in [-0.2, 0) is 20.7 Å². The van der Waals surface area contributed by atoms with Crippen molar-refractivity contribution in [2.45, 2.75) is 39.2 Å². The van der Waals surface area contributed by atoms with Crippen LogP contribution in [-0.4, -0.2) is 29.0 Å². The lowest BCUT2D eigenvalue weighted by Crippen LogP contribution is -2.31. The monoisotopic (exact) mass is 491 g/mol. The van der Waals surface area contributed by atoms with Gasteiger partial charge in [0, 0.05) is 22.2 Å². The number of carbonyl (C=O) groups is 2. The maximum Gasteiger partial charge on any atom is 0.307 e. The minimum atomic E-state index is -0.514. The number of ether oxygens (including phenoxy) is 1. The zero-order valence-corrected chi connectivity index (χ0v) is 19.3. The highest BCUT2D eigenvalue weighted by atomic mass is 79.9. The van der Waals surface area contributed by atoms with Gasteiger partial charge in [0.1, 0.15) is 10.7 Å². The zero-order chi connectivity index (χ0) is 21.8. The van der Waals surface area contributed by atoms with Crippen LogP contribution in [0.2, 0.25) is 0 Å². The summed E-state index contributed by atoms with van der Waals surface area (Å²) in [6.45, 7) is 3.86. The summed E-state index contributed by atoms with van der Waals surface area (Å²) in [7, 11) is 1.31. The first-order chi connectivity index (χ1) is 14.3. The third kappa shape index (κ3) is 5.14. The Labute approximate surface area is 186 Å². The van der Waals surface area contributed by atoms with Crippen molar-refractivity contribution in [3.63, 3.8) is 0 Å². The van der Waals surface area contributed by atoms with Crippen molar-refractivity contribution in [2.24, 2.45) is 0 Å². The number of esters is 1. The van der Waals surface area contributed by atoms with E-state index in [1.165, 1.54) is 18.4 Å². The topological polar surface area (TPSA) is 101 Å². The van der Waals surface area contributed by atoms with Crippen molar-refractivity contribution < 1.29 is 14.3 Å². The summed E-state index contributed by atoms with van der Waals surface area (Å²) < 4.78 is 5.61. The van der Waals surface area contributed by atoms with Gasteiger partial charge in [-0.25, -0.2) is 4.98 Å². The fourth-order valence-electron chi connectivity index (χ4n) is 3.14. The van der Waals surface area contributed by atoms with Gasteiger partial charge in [0.05, 0.1) is 25.0 Å². The molecule has 0 fully saturated rings. The van der Waals surface area contributed by atoms with E-state index in [4.69, 9.17) is 4.74 Å². The van der Waals surface area contributed by atoms with Gasteiger partial charge in [-0.05, 0) is 37.1 Å². The highest BCUT2D eigenvalue weighted by Gasteiger charge is 2.20. The second-order valence-corrected chi connectivity index (χ2v) is 9.05. The van der Waals surface area contributed by atoms with Crippen molar-refractivity contribution in [1.29, 1.82) is 0 Å². The van der Waals surface area contributed by atoms with E-state index in [9.17, 15) is 14.4 Å². The number of aromatic nitrogens is 2. The van der Waals surface area contributed by atoms with Crippen LogP contribution in [0.5, 0.6) is 0 Å². The predicted octanol–water partition coefficient (Wildman–Crippen LogP) is 3.72. The number of benzene rings is 1. The SMILES string of the molecule is COC(=O)CC(NC(=O)CCc1nc2sc(C)c(C)c2c(=O)[nH]1)c1cccc(Br)c1. The number of halogens is 1. The zero-order valence-electron chi connectivity index (χ0n) is 16.9. The van der Waals surface area contributed by atoms with Crippen LogP contribution in [0.15, 0.2) is 33.5 Å². The number of hydrogen-bond donors (Lipinski definition) is 2. The molecule has 1 amide bonds. The van der Waals surface area contributed by atoms with Crippen molar-refractivity contribution >= 4 is 49.4 Å². The largest absolute Gasteiger partial charge is 0.469 e. The molecule has 3 rings (SSSR count). The fraction of sp³-hybridized carbons (Fsp3) is 0.333. The Bertz CT molecular complexity index is 1150. The van der Waals surface area contributed by atoms with Crippen molar-refractivity contribution in [3.8, 4) is 0 Å². The lowest BCUT2D eigenvalue weighted by molar-refractivity contribution is -0.141. The molecule has 2 aromatic heterocycles. The Morgan fingerprint density at radius 3 is 2.80 bits per heavy atom. The number of H-pyrrole nitrogens is 1. The van der Waals surface area contributed by atoms with Crippen LogP contribution in [0.1, 0.15) is 40.7 Å². The second-order valence-electron chi connectivity index (χ2n) is 6.93. The molecule has 0 radical (unpaired) electrons. The lowest BCUT2D eigenvalue weighted by Gasteiger charge is -2.18. The standard InChI is InChI=1S/C21H22BrN3O4S/c1-11-12(2)30-21-19(11)20(28)24-16(25-21)7-8-17(26)23-15(10-18(27)29-3)13-5-4-6-14(22)9-13/h4-6,9,15H,7-8,10H2,1-3H3,(H,23,26)(H,24,25,28). The van der Waals surface area contributed by atoms with E-state index in [1.54, 1.807) is 0 Å². The highest BCUT2D eigenvalue weighted by Crippen LogP contribution is 2.26. The molecule has 0 saturated carbocycles. The molecule has 0 spiro atoms. The number of rotatable bonds is 7. The molecule has 0 aliphatic carbocycles. The summed E-state index contributed by atoms with van der Waals surface area (Å²) in [5.41, 5.74) is 1.54. The van der Waals surface area contributed by atoms with Crippen LogP contribution in [0, 0.1) is 13.8 Å². The molecule has 2 N–H and O–H groups in total. The van der Waals surface area contributed by atoms with Crippen LogP contribution < -0.4 is 10.9 Å². The molecular weight excluding hydrogens is 470 g/mol. The van der Waals surface area contributed by atoms with Gasteiger partial charge >= 0.3 is 5.97 Å². The number of carbonyl (C=O) groups excluding carboxylic acids is 2. The van der Waals surface area contributed by atoms with Gasteiger partial charge in [0.15, 0.2) is 0 Å². The van der Waals surface area contributed by atoms with E-state index in [-0.39, 0.29) is 30.7 Å². The Kier molecular flexibility index (Phi) is 7.04. The molecular formula is C21H22BrN3O4S. The van der Waals surface area contributed by atoms with Gasteiger partial charge in [-0.2, -0.15) is 0 Å². The number of nitrogens with one attached hydrogen (secondary N) is 2. The van der Waals surface area contributed by atoms with Gasteiger partial charge in [-0.15, -0.1) is 11.3 Å². The molecule has 0 saturated heterocycles. The quantitative estimate of drug-likeness (QED) is 0.490. The van der Waals surface area contributed by atoms with Crippen molar-refractivity contribution in [3.05, 3.63) is 60.9 Å². The third-order valence-electron chi connectivity index (χ3n) is 4.86. The first-order valence-electron chi connectivity index (χ1n) is 9.39. The Hall–Kier alpha value is -2.52. The summed E-state index contributed by atoms with van der Waals surface area (Å²) in [6, 6.07) is 6.88. The number of hydrogen-bond acceptors (Lipinski definition) is 6. The molecule has 3 aromatic rings. The number of thiophene rings is 1. The minimum absolute atomic E-state index is 0.0213. The molecule has 1 aromatic carbocycles. The van der Waals surface area contributed by atoms with Gasteiger partial charge < -0.3 is 15.0 Å². The Morgan fingerprint density at radius 2 is 2.10 bits per heavy atom. The van der Waals surface area contributed by atoms with Gasteiger partial charge in [0.2, 0.25) is 5.91 Å². The normalized spacial score (nSPS) is 12.0. The van der Waals surface area contributed by atoms with Crippen LogP contribution in [0.3, 0.4) is 0 Å². The first kappa shape index (κ1) is 22.2. The van der Waals surface area contributed by atoms with Gasteiger partial charge in [0.25, 0.3) is 5.56 Å². The Balaban J connectivity index is 1.72. The molecule has 0 bridgehead atoms.